The zero-order valence-electron chi connectivity index (χ0n) is 15.2. The number of carbonyl (C=O) groups is 1. The Balaban J connectivity index is 1.92. The van der Waals surface area contributed by atoms with Crippen LogP contribution in [0.3, 0.4) is 0 Å². The third-order valence-corrected chi connectivity index (χ3v) is 4.14. The Kier molecular flexibility index (Phi) is 5.21. The van der Waals surface area contributed by atoms with E-state index >= 15 is 0 Å². The minimum atomic E-state index is -0.970. The molecule has 0 fully saturated rings. The molecule has 0 radical (unpaired) electrons. The Morgan fingerprint density at radius 3 is 2.56 bits per heavy atom. The molecule has 0 saturated carbocycles. The number of hydrogen-bond acceptors (Lipinski definition) is 6. The van der Waals surface area contributed by atoms with E-state index in [0.29, 0.717) is 29.6 Å². The number of aromatic carboxylic acids is 1. The maximum absolute atomic E-state index is 11.0. The second-order valence-electron chi connectivity index (χ2n) is 6.05. The third-order valence-electron chi connectivity index (χ3n) is 4.14. The minimum absolute atomic E-state index is 0.216. The number of nitrogen functional groups attached to an aromatic ring is 1. The number of nitrogens with one attached hydrogen (secondary N) is 1. The molecule has 0 spiro atoms. The van der Waals surface area contributed by atoms with Crippen LogP contribution in [0.25, 0.3) is 0 Å². The van der Waals surface area contributed by atoms with E-state index in [1.54, 1.807) is 12.1 Å². The van der Waals surface area contributed by atoms with Gasteiger partial charge in [-0.05, 0) is 55.8 Å². The van der Waals surface area contributed by atoms with Gasteiger partial charge in [0.05, 0.1) is 5.56 Å². The molecule has 1 aromatic heterocycles. The van der Waals surface area contributed by atoms with Crippen LogP contribution in [-0.2, 0) is 0 Å². The summed E-state index contributed by atoms with van der Waals surface area (Å²) in [5.74, 6) is 0.110. The second-order valence-corrected chi connectivity index (χ2v) is 6.05. The average Bonchev–Trinajstić information content (AvgIpc) is 2.66. The zero-order valence-corrected chi connectivity index (χ0v) is 15.2. The molecule has 0 aliphatic rings. The highest BCUT2D eigenvalue weighted by Crippen LogP contribution is 2.33. The summed E-state index contributed by atoms with van der Waals surface area (Å²) in [6.45, 7) is 4.76. The van der Waals surface area contributed by atoms with Crippen LogP contribution >= 0.6 is 0 Å². The predicted molar refractivity (Wildman–Crippen MR) is 107 cm³/mol. The van der Waals surface area contributed by atoms with Gasteiger partial charge in [-0.1, -0.05) is 12.1 Å². The number of nitrogens with two attached hydrogens (primary N) is 1. The van der Waals surface area contributed by atoms with E-state index < -0.39 is 5.97 Å². The first kappa shape index (κ1) is 18.2. The van der Waals surface area contributed by atoms with Crippen LogP contribution in [-0.4, -0.2) is 27.6 Å². The molecule has 3 aromatic rings. The van der Waals surface area contributed by atoms with Gasteiger partial charge in [-0.15, -0.1) is 0 Å². The SMILES string of the molecule is CCN(c1cccc(C)c1)c1ncnc(Nc2ccc(C(=O)O)cc2)c1N. The predicted octanol–water partition coefficient (Wildman–Crippen LogP) is 3.97. The van der Waals surface area contributed by atoms with Gasteiger partial charge < -0.3 is 21.1 Å². The monoisotopic (exact) mass is 363 g/mol. The first-order chi connectivity index (χ1) is 13.0. The summed E-state index contributed by atoms with van der Waals surface area (Å²) in [4.78, 5) is 21.6. The largest absolute Gasteiger partial charge is 0.478 e. The van der Waals surface area contributed by atoms with Crippen LogP contribution in [0.4, 0.5) is 28.7 Å². The number of anilines is 5. The molecule has 0 aliphatic carbocycles. The molecule has 0 bridgehead atoms. The number of rotatable bonds is 6. The summed E-state index contributed by atoms with van der Waals surface area (Å²) in [7, 11) is 0. The van der Waals surface area contributed by atoms with E-state index in [1.807, 2.05) is 36.9 Å². The Labute approximate surface area is 157 Å². The molecule has 2 aromatic carbocycles. The fourth-order valence-electron chi connectivity index (χ4n) is 2.78. The van der Waals surface area contributed by atoms with E-state index in [9.17, 15) is 4.79 Å². The first-order valence-corrected chi connectivity index (χ1v) is 8.54. The van der Waals surface area contributed by atoms with E-state index in [0.717, 1.165) is 11.3 Å². The summed E-state index contributed by atoms with van der Waals surface area (Å²) in [5, 5.41) is 12.1. The summed E-state index contributed by atoms with van der Waals surface area (Å²) >= 11 is 0. The number of carboxylic acid groups (broad SMARTS) is 1. The fourth-order valence-corrected chi connectivity index (χ4v) is 2.78. The van der Waals surface area contributed by atoms with Crippen LogP contribution in [0.15, 0.2) is 54.9 Å². The molecule has 0 saturated heterocycles. The van der Waals surface area contributed by atoms with Crippen LogP contribution in [0.2, 0.25) is 0 Å². The molecule has 0 unspecified atom stereocenters. The molecular formula is C20H21N5O2. The normalized spacial score (nSPS) is 10.4. The van der Waals surface area contributed by atoms with Crippen molar-refractivity contribution in [1.82, 2.24) is 9.97 Å². The number of aryl methyl sites for hydroxylation is 1. The summed E-state index contributed by atoms with van der Waals surface area (Å²) in [5.41, 5.74) is 9.81. The van der Waals surface area contributed by atoms with Crippen LogP contribution in [0, 0.1) is 6.92 Å². The van der Waals surface area contributed by atoms with Crippen LogP contribution in [0.5, 0.6) is 0 Å². The van der Waals surface area contributed by atoms with E-state index in [2.05, 4.69) is 21.4 Å². The number of aromatic nitrogens is 2. The lowest BCUT2D eigenvalue weighted by Crippen LogP contribution is -2.20. The first-order valence-electron chi connectivity index (χ1n) is 8.54. The fraction of sp³-hybridized carbons (Fsp3) is 0.150. The number of carboxylic acids is 1. The quantitative estimate of drug-likeness (QED) is 0.609. The lowest BCUT2D eigenvalue weighted by molar-refractivity contribution is 0.0697. The van der Waals surface area contributed by atoms with E-state index in [1.165, 1.54) is 18.5 Å². The highest BCUT2D eigenvalue weighted by atomic mass is 16.4. The Hall–Kier alpha value is -3.61. The molecule has 3 rings (SSSR count). The number of benzene rings is 2. The molecule has 7 nitrogen and oxygen atoms in total. The van der Waals surface area contributed by atoms with Gasteiger partial charge in [0.2, 0.25) is 0 Å². The van der Waals surface area contributed by atoms with Gasteiger partial charge in [0.1, 0.15) is 12.0 Å². The molecule has 7 heteroatoms. The van der Waals surface area contributed by atoms with Gasteiger partial charge in [0.15, 0.2) is 11.6 Å². The minimum Gasteiger partial charge on any atom is -0.478 e. The van der Waals surface area contributed by atoms with Crippen molar-refractivity contribution in [2.75, 3.05) is 22.5 Å². The van der Waals surface area contributed by atoms with Crippen molar-refractivity contribution >= 4 is 34.7 Å². The molecule has 27 heavy (non-hydrogen) atoms. The van der Waals surface area contributed by atoms with Gasteiger partial charge in [-0.2, -0.15) is 0 Å². The standard InChI is InChI=1S/C20H21N5O2/c1-3-25(16-6-4-5-13(2)11-16)19-17(21)18(22-12-23-19)24-15-9-7-14(8-10-15)20(26)27/h4-12H,3,21H2,1-2H3,(H,26,27)(H,22,23,24). The van der Waals surface area contributed by atoms with Gasteiger partial charge in [-0.3, -0.25) is 0 Å². The number of hydrogen-bond donors (Lipinski definition) is 3. The van der Waals surface area contributed by atoms with Crippen molar-refractivity contribution in [3.8, 4) is 0 Å². The maximum atomic E-state index is 11.0. The van der Waals surface area contributed by atoms with Crippen molar-refractivity contribution in [2.24, 2.45) is 0 Å². The van der Waals surface area contributed by atoms with Crippen molar-refractivity contribution in [1.29, 1.82) is 0 Å². The Morgan fingerprint density at radius 2 is 1.93 bits per heavy atom. The summed E-state index contributed by atoms with van der Waals surface area (Å²) < 4.78 is 0. The Bertz CT molecular complexity index is 957. The highest BCUT2D eigenvalue weighted by molar-refractivity contribution is 5.88. The maximum Gasteiger partial charge on any atom is 0.335 e. The molecular weight excluding hydrogens is 342 g/mol. The van der Waals surface area contributed by atoms with Gasteiger partial charge >= 0.3 is 5.97 Å². The van der Waals surface area contributed by atoms with Crippen LogP contribution in [0.1, 0.15) is 22.8 Å². The van der Waals surface area contributed by atoms with Crippen molar-refractivity contribution < 1.29 is 9.90 Å². The summed E-state index contributed by atoms with van der Waals surface area (Å²) in [6.07, 6.45) is 1.46. The molecule has 1 heterocycles. The lowest BCUT2D eigenvalue weighted by atomic mass is 10.2. The highest BCUT2D eigenvalue weighted by Gasteiger charge is 2.16. The van der Waals surface area contributed by atoms with Gasteiger partial charge in [0, 0.05) is 17.9 Å². The van der Waals surface area contributed by atoms with E-state index in [4.69, 9.17) is 10.8 Å². The smallest absolute Gasteiger partial charge is 0.335 e. The molecule has 0 amide bonds. The second kappa shape index (κ2) is 7.74. The van der Waals surface area contributed by atoms with Crippen molar-refractivity contribution in [3.05, 3.63) is 66.0 Å². The molecule has 0 aliphatic heterocycles. The zero-order chi connectivity index (χ0) is 19.4. The average molecular weight is 363 g/mol. The summed E-state index contributed by atoms with van der Waals surface area (Å²) in [6, 6.07) is 14.5. The molecule has 138 valence electrons. The topological polar surface area (TPSA) is 104 Å². The lowest BCUT2D eigenvalue weighted by Gasteiger charge is -2.24. The van der Waals surface area contributed by atoms with Crippen LogP contribution < -0.4 is 16.0 Å². The van der Waals surface area contributed by atoms with Crippen molar-refractivity contribution in [3.63, 3.8) is 0 Å². The molecule has 0 atom stereocenters. The molecule has 4 N–H and O–H groups in total. The number of nitrogens with zero attached hydrogens (tertiary/aromatic N) is 3. The van der Waals surface area contributed by atoms with Gasteiger partial charge in [0.25, 0.3) is 0 Å². The van der Waals surface area contributed by atoms with Gasteiger partial charge in [-0.25, -0.2) is 14.8 Å². The van der Waals surface area contributed by atoms with Crippen molar-refractivity contribution in [2.45, 2.75) is 13.8 Å². The Morgan fingerprint density at radius 1 is 1.19 bits per heavy atom. The third kappa shape index (κ3) is 3.98. The van der Waals surface area contributed by atoms with E-state index in [-0.39, 0.29) is 5.56 Å².